The predicted molar refractivity (Wildman–Crippen MR) is 135 cm³/mol. The van der Waals surface area contributed by atoms with E-state index in [1.807, 2.05) is 72.8 Å². The Hall–Kier alpha value is -4.72. The number of anilines is 2. The second-order valence-corrected chi connectivity index (χ2v) is 7.76. The van der Waals surface area contributed by atoms with Crippen LogP contribution in [0.2, 0.25) is 0 Å². The van der Waals surface area contributed by atoms with Crippen LogP contribution in [0.1, 0.15) is 11.5 Å². The summed E-state index contributed by atoms with van der Waals surface area (Å²) in [6.45, 7) is 0. The van der Waals surface area contributed by atoms with E-state index in [0.29, 0.717) is 30.2 Å². The highest BCUT2D eigenvalue weighted by Crippen LogP contribution is 2.22. The molecule has 0 saturated carbocycles. The number of benzene rings is 3. The molecule has 0 spiro atoms. The van der Waals surface area contributed by atoms with Crippen LogP contribution in [0.15, 0.2) is 94.3 Å². The zero-order valence-electron chi connectivity index (χ0n) is 18.3. The van der Waals surface area contributed by atoms with Gasteiger partial charge in [0, 0.05) is 23.4 Å². The average Bonchev–Trinajstić information content (AvgIpc) is 3.26. The largest absolute Gasteiger partial charge is 0.441 e. The number of nitrogens with zero attached hydrogens (tertiary/aromatic N) is 4. The van der Waals surface area contributed by atoms with E-state index in [2.05, 4.69) is 25.5 Å². The van der Waals surface area contributed by atoms with Crippen molar-refractivity contribution >= 4 is 34.3 Å². The van der Waals surface area contributed by atoms with Gasteiger partial charge in [-0.05, 0) is 48.4 Å². The second-order valence-electron chi connectivity index (χ2n) is 7.76. The van der Waals surface area contributed by atoms with Crippen LogP contribution in [0, 0.1) is 0 Å². The number of hydrogen-bond acceptors (Lipinski definition) is 6. The summed E-state index contributed by atoms with van der Waals surface area (Å²) in [6, 6.07) is 26.9. The fraction of sp³-hybridized carbons (Fsp3) is 0.0769. The average molecular weight is 450 g/mol. The lowest BCUT2D eigenvalue weighted by Crippen LogP contribution is -2.23. The number of fused-ring (bicyclic) bond motifs is 1. The standard InChI is InChI=1S/C26H23N7O/c27-19-11-13-23-22(16-19)29-25(34-23)15-10-18-8-4-5-9-20(18)30-26(28)31-24-14-12-21(32-33-24)17-6-2-1-3-7-17/h1-9,11-14,16H,10,15,27H2,(H3,28,30,31,33). The van der Waals surface area contributed by atoms with Gasteiger partial charge in [0.25, 0.3) is 0 Å². The molecule has 0 aliphatic rings. The molecule has 0 saturated heterocycles. The third-order valence-electron chi connectivity index (χ3n) is 5.30. The maximum atomic E-state index is 6.16. The first-order chi connectivity index (χ1) is 16.6. The summed E-state index contributed by atoms with van der Waals surface area (Å²) in [5.74, 6) is 1.31. The monoisotopic (exact) mass is 449 g/mol. The van der Waals surface area contributed by atoms with E-state index in [1.54, 1.807) is 12.1 Å². The quantitative estimate of drug-likeness (QED) is 0.194. The molecule has 0 bridgehead atoms. The Balaban J connectivity index is 1.27. The Kier molecular flexibility index (Phi) is 5.85. The third-order valence-corrected chi connectivity index (χ3v) is 5.30. The minimum absolute atomic E-state index is 0.228. The molecule has 0 aliphatic carbocycles. The molecule has 5 N–H and O–H groups in total. The summed E-state index contributed by atoms with van der Waals surface area (Å²) < 4.78 is 5.84. The van der Waals surface area contributed by atoms with Crippen LogP contribution >= 0.6 is 0 Å². The zero-order valence-corrected chi connectivity index (χ0v) is 18.3. The number of para-hydroxylation sites is 1. The molecule has 2 aromatic heterocycles. The van der Waals surface area contributed by atoms with Crippen LogP contribution in [0.5, 0.6) is 0 Å². The molecule has 8 heteroatoms. The van der Waals surface area contributed by atoms with E-state index in [1.165, 1.54) is 0 Å². The molecule has 0 radical (unpaired) electrons. The van der Waals surface area contributed by atoms with Gasteiger partial charge in [-0.3, -0.25) is 0 Å². The van der Waals surface area contributed by atoms with E-state index in [9.17, 15) is 0 Å². The lowest BCUT2D eigenvalue weighted by atomic mass is 10.1. The molecule has 5 aromatic rings. The van der Waals surface area contributed by atoms with Gasteiger partial charge >= 0.3 is 0 Å². The van der Waals surface area contributed by atoms with Crippen LogP contribution < -0.4 is 16.8 Å². The van der Waals surface area contributed by atoms with E-state index in [0.717, 1.165) is 33.6 Å². The topological polar surface area (TPSA) is 128 Å². The fourth-order valence-corrected chi connectivity index (χ4v) is 3.64. The summed E-state index contributed by atoms with van der Waals surface area (Å²) in [5, 5.41) is 11.6. The predicted octanol–water partition coefficient (Wildman–Crippen LogP) is 4.71. The lowest BCUT2D eigenvalue weighted by Gasteiger charge is -2.10. The first-order valence-electron chi connectivity index (χ1n) is 10.9. The van der Waals surface area contributed by atoms with Crippen molar-refractivity contribution in [2.45, 2.75) is 12.8 Å². The molecule has 0 atom stereocenters. The van der Waals surface area contributed by atoms with Gasteiger partial charge in [-0.2, -0.15) is 4.99 Å². The molecule has 2 heterocycles. The van der Waals surface area contributed by atoms with Gasteiger partial charge in [0.15, 0.2) is 23.3 Å². The summed E-state index contributed by atoms with van der Waals surface area (Å²) in [4.78, 5) is 8.89. The smallest absolute Gasteiger partial charge is 0.199 e. The Morgan fingerprint density at radius 3 is 2.53 bits per heavy atom. The number of oxazole rings is 1. The third kappa shape index (κ3) is 4.86. The zero-order chi connectivity index (χ0) is 23.3. The Morgan fingerprint density at radius 1 is 0.882 bits per heavy atom. The minimum atomic E-state index is 0.228. The van der Waals surface area contributed by atoms with Crippen molar-refractivity contribution in [2.24, 2.45) is 10.7 Å². The molecule has 0 fully saturated rings. The Bertz CT molecular complexity index is 1440. The molecule has 3 aromatic carbocycles. The number of aromatic nitrogens is 3. The first-order valence-corrected chi connectivity index (χ1v) is 10.9. The van der Waals surface area contributed by atoms with Gasteiger partial charge < -0.3 is 21.2 Å². The van der Waals surface area contributed by atoms with Crippen molar-refractivity contribution in [2.75, 3.05) is 11.1 Å². The van der Waals surface area contributed by atoms with Crippen molar-refractivity contribution < 1.29 is 4.42 Å². The molecule has 34 heavy (non-hydrogen) atoms. The lowest BCUT2D eigenvalue weighted by molar-refractivity contribution is 0.528. The maximum absolute atomic E-state index is 6.16. The molecule has 0 amide bonds. The molecule has 0 unspecified atom stereocenters. The van der Waals surface area contributed by atoms with E-state index >= 15 is 0 Å². The van der Waals surface area contributed by atoms with Gasteiger partial charge in [0.1, 0.15) is 5.52 Å². The van der Waals surface area contributed by atoms with Crippen molar-refractivity contribution in [3.8, 4) is 11.3 Å². The SMILES string of the molecule is NC(=Nc1ccc(-c2ccccc2)nn1)Nc1ccccc1CCc1nc2cc(N)ccc2o1. The molecular weight excluding hydrogens is 426 g/mol. The fourth-order valence-electron chi connectivity index (χ4n) is 3.64. The number of hydrogen-bond donors (Lipinski definition) is 3. The van der Waals surface area contributed by atoms with Crippen LogP contribution in [-0.2, 0) is 12.8 Å². The molecule has 0 aliphatic heterocycles. The van der Waals surface area contributed by atoms with Crippen molar-refractivity contribution in [1.29, 1.82) is 0 Å². The molecule has 168 valence electrons. The number of nitrogens with two attached hydrogens (primary N) is 2. The minimum Gasteiger partial charge on any atom is -0.441 e. The van der Waals surface area contributed by atoms with Crippen LogP contribution in [0.3, 0.4) is 0 Å². The number of guanidine groups is 1. The van der Waals surface area contributed by atoms with Crippen molar-refractivity contribution in [3.05, 3.63) is 96.4 Å². The van der Waals surface area contributed by atoms with Gasteiger partial charge in [-0.25, -0.2) is 4.98 Å². The Labute approximate surface area is 196 Å². The highest BCUT2D eigenvalue weighted by atomic mass is 16.3. The van der Waals surface area contributed by atoms with Crippen LogP contribution in [0.4, 0.5) is 17.2 Å². The molecular formula is C26H23N7O. The van der Waals surface area contributed by atoms with E-state index in [4.69, 9.17) is 15.9 Å². The van der Waals surface area contributed by atoms with Crippen molar-refractivity contribution in [1.82, 2.24) is 15.2 Å². The number of rotatable bonds is 6. The van der Waals surface area contributed by atoms with Gasteiger partial charge in [0.05, 0.1) is 5.69 Å². The molecule has 8 nitrogen and oxygen atoms in total. The highest BCUT2D eigenvalue weighted by Gasteiger charge is 2.09. The van der Waals surface area contributed by atoms with Gasteiger partial charge in [-0.15, -0.1) is 10.2 Å². The van der Waals surface area contributed by atoms with Gasteiger partial charge in [0.2, 0.25) is 0 Å². The normalized spacial score (nSPS) is 11.6. The number of nitrogen functional groups attached to an aromatic ring is 1. The Morgan fingerprint density at radius 2 is 1.71 bits per heavy atom. The first kappa shape index (κ1) is 21.1. The summed E-state index contributed by atoms with van der Waals surface area (Å²) in [5.41, 5.74) is 17.8. The number of aryl methyl sites for hydroxylation is 2. The van der Waals surface area contributed by atoms with Gasteiger partial charge in [-0.1, -0.05) is 48.5 Å². The second kappa shape index (κ2) is 9.41. The summed E-state index contributed by atoms with van der Waals surface area (Å²) in [7, 11) is 0. The number of nitrogens with one attached hydrogen (secondary N) is 1. The van der Waals surface area contributed by atoms with E-state index < -0.39 is 0 Å². The van der Waals surface area contributed by atoms with Crippen molar-refractivity contribution in [3.63, 3.8) is 0 Å². The molecule has 5 rings (SSSR count). The maximum Gasteiger partial charge on any atom is 0.199 e. The van der Waals surface area contributed by atoms with Crippen LogP contribution in [0.25, 0.3) is 22.4 Å². The van der Waals surface area contributed by atoms with Crippen LogP contribution in [-0.4, -0.2) is 21.1 Å². The summed E-state index contributed by atoms with van der Waals surface area (Å²) >= 11 is 0. The van der Waals surface area contributed by atoms with E-state index in [-0.39, 0.29) is 5.96 Å². The summed E-state index contributed by atoms with van der Waals surface area (Å²) in [6.07, 6.45) is 1.35. The highest BCUT2D eigenvalue weighted by molar-refractivity contribution is 5.94. The number of aliphatic imine (C=N–C) groups is 1.